The molecule has 1 atom stereocenters. The van der Waals surface area contributed by atoms with Gasteiger partial charge in [-0.2, -0.15) is 13.2 Å². The van der Waals surface area contributed by atoms with E-state index < -0.39 is 11.7 Å². The number of rotatable bonds is 3. The molecule has 3 rings (SSSR count). The van der Waals surface area contributed by atoms with Crippen LogP contribution in [0.15, 0.2) is 36.8 Å². The quantitative estimate of drug-likeness (QED) is 0.872. The lowest BCUT2D eigenvalue weighted by atomic mass is 10.3. The molecule has 116 valence electrons. The second-order valence-corrected chi connectivity index (χ2v) is 4.91. The van der Waals surface area contributed by atoms with Crippen molar-refractivity contribution in [2.24, 2.45) is 0 Å². The number of nitrogens with zero attached hydrogens (tertiary/aromatic N) is 4. The largest absolute Gasteiger partial charge is 0.472 e. The van der Waals surface area contributed by atoms with Crippen molar-refractivity contribution in [2.45, 2.75) is 18.7 Å². The molecule has 0 spiro atoms. The number of halogens is 3. The lowest BCUT2D eigenvalue weighted by Gasteiger charge is -2.16. The summed E-state index contributed by atoms with van der Waals surface area (Å²) in [6.07, 6.45) is 0.305. The molecule has 1 unspecified atom stereocenters. The predicted molar refractivity (Wildman–Crippen MR) is 72.5 cm³/mol. The van der Waals surface area contributed by atoms with Gasteiger partial charge in [0.15, 0.2) is 0 Å². The van der Waals surface area contributed by atoms with Crippen molar-refractivity contribution in [3.63, 3.8) is 0 Å². The van der Waals surface area contributed by atoms with Gasteiger partial charge >= 0.3 is 6.18 Å². The summed E-state index contributed by atoms with van der Waals surface area (Å²) >= 11 is 0. The van der Waals surface area contributed by atoms with Crippen molar-refractivity contribution in [3.8, 4) is 5.88 Å². The standard InChI is InChI=1S/C14H13F3N4O/c15-14(16,17)10-2-3-12(20-8-10)22-11-4-7-21(9-11)13-18-5-1-6-19-13/h1-3,5-6,8,11H,4,7,9H2. The SMILES string of the molecule is FC(F)(F)c1ccc(OC2CCN(c3ncccn3)C2)nc1. The molecule has 8 heteroatoms. The summed E-state index contributed by atoms with van der Waals surface area (Å²) in [5.74, 6) is 0.808. The van der Waals surface area contributed by atoms with Gasteiger partial charge in [0.25, 0.3) is 0 Å². The molecular formula is C14H13F3N4O. The zero-order chi connectivity index (χ0) is 15.6. The Balaban J connectivity index is 1.61. The summed E-state index contributed by atoms with van der Waals surface area (Å²) in [4.78, 5) is 14.0. The van der Waals surface area contributed by atoms with Crippen LogP contribution in [0.4, 0.5) is 19.1 Å². The van der Waals surface area contributed by atoms with Crippen molar-refractivity contribution < 1.29 is 17.9 Å². The molecule has 2 aromatic heterocycles. The molecular weight excluding hydrogens is 297 g/mol. The Morgan fingerprint density at radius 1 is 1.14 bits per heavy atom. The van der Waals surface area contributed by atoms with Crippen LogP contribution in [0, 0.1) is 0 Å². The summed E-state index contributed by atoms with van der Waals surface area (Å²) < 4.78 is 43.0. The molecule has 2 aromatic rings. The maximum atomic E-state index is 12.5. The first kappa shape index (κ1) is 14.6. The maximum Gasteiger partial charge on any atom is 0.417 e. The molecule has 1 aliphatic rings. The van der Waals surface area contributed by atoms with Crippen LogP contribution in [0.1, 0.15) is 12.0 Å². The first-order valence-electron chi connectivity index (χ1n) is 6.74. The number of alkyl halides is 3. The van der Waals surface area contributed by atoms with Crippen molar-refractivity contribution in [3.05, 3.63) is 42.4 Å². The fraction of sp³-hybridized carbons (Fsp3) is 0.357. The molecule has 1 saturated heterocycles. The third-order valence-corrected chi connectivity index (χ3v) is 3.33. The highest BCUT2D eigenvalue weighted by Crippen LogP contribution is 2.29. The van der Waals surface area contributed by atoms with E-state index in [1.165, 1.54) is 6.07 Å². The van der Waals surface area contributed by atoms with Gasteiger partial charge in [0.1, 0.15) is 6.10 Å². The molecule has 0 bridgehead atoms. The molecule has 0 radical (unpaired) electrons. The van der Waals surface area contributed by atoms with Gasteiger partial charge < -0.3 is 9.64 Å². The average molecular weight is 310 g/mol. The number of ether oxygens (including phenoxy) is 1. The monoisotopic (exact) mass is 310 g/mol. The van der Waals surface area contributed by atoms with Crippen LogP contribution in [-0.2, 0) is 6.18 Å². The normalized spacial score (nSPS) is 18.5. The minimum atomic E-state index is -4.39. The van der Waals surface area contributed by atoms with Crippen molar-refractivity contribution in [2.75, 3.05) is 18.0 Å². The molecule has 1 fully saturated rings. The molecule has 0 N–H and O–H groups in total. The van der Waals surface area contributed by atoms with Crippen LogP contribution in [0.25, 0.3) is 0 Å². The third kappa shape index (κ3) is 3.26. The fourth-order valence-corrected chi connectivity index (χ4v) is 2.25. The van der Waals surface area contributed by atoms with Gasteiger partial charge in [0, 0.05) is 37.6 Å². The molecule has 0 amide bonds. The summed E-state index contributed by atoms with van der Waals surface area (Å²) in [5.41, 5.74) is -0.786. The van der Waals surface area contributed by atoms with E-state index in [0.29, 0.717) is 12.5 Å². The molecule has 3 heterocycles. The van der Waals surface area contributed by atoms with Gasteiger partial charge in [0.2, 0.25) is 11.8 Å². The van der Waals surface area contributed by atoms with E-state index in [4.69, 9.17) is 4.74 Å². The zero-order valence-corrected chi connectivity index (χ0v) is 11.5. The Bertz CT molecular complexity index is 618. The highest BCUT2D eigenvalue weighted by Gasteiger charge is 2.31. The Labute approximate surface area is 124 Å². The van der Waals surface area contributed by atoms with E-state index >= 15 is 0 Å². The van der Waals surface area contributed by atoms with Crippen LogP contribution in [0.3, 0.4) is 0 Å². The van der Waals surface area contributed by atoms with E-state index in [1.54, 1.807) is 18.5 Å². The Morgan fingerprint density at radius 2 is 1.91 bits per heavy atom. The Kier molecular flexibility index (Phi) is 3.82. The van der Waals surface area contributed by atoms with Crippen molar-refractivity contribution >= 4 is 5.95 Å². The van der Waals surface area contributed by atoms with Crippen molar-refractivity contribution in [1.82, 2.24) is 15.0 Å². The van der Waals surface area contributed by atoms with E-state index in [2.05, 4.69) is 15.0 Å². The number of hydrogen-bond acceptors (Lipinski definition) is 5. The maximum absolute atomic E-state index is 12.5. The second kappa shape index (κ2) is 5.78. The van der Waals surface area contributed by atoms with Crippen LogP contribution < -0.4 is 9.64 Å². The highest BCUT2D eigenvalue weighted by molar-refractivity contribution is 5.31. The summed E-state index contributed by atoms with van der Waals surface area (Å²) in [7, 11) is 0. The molecule has 1 aliphatic heterocycles. The first-order valence-corrected chi connectivity index (χ1v) is 6.74. The van der Waals surface area contributed by atoms with E-state index in [9.17, 15) is 13.2 Å². The minimum absolute atomic E-state index is 0.145. The topological polar surface area (TPSA) is 51.1 Å². The van der Waals surface area contributed by atoms with Gasteiger partial charge in [-0.3, -0.25) is 0 Å². The first-order chi connectivity index (χ1) is 10.5. The minimum Gasteiger partial charge on any atom is -0.472 e. The average Bonchev–Trinajstić information content (AvgIpc) is 2.96. The summed E-state index contributed by atoms with van der Waals surface area (Å²) in [6, 6.07) is 3.94. The number of hydrogen-bond donors (Lipinski definition) is 0. The molecule has 22 heavy (non-hydrogen) atoms. The molecule has 0 aromatic carbocycles. The zero-order valence-electron chi connectivity index (χ0n) is 11.5. The predicted octanol–water partition coefficient (Wildman–Crippen LogP) is 2.55. The van der Waals surface area contributed by atoms with Crippen LogP contribution in [0.5, 0.6) is 5.88 Å². The van der Waals surface area contributed by atoms with Crippen LogP contribution in [0.2, 0.25) is 0 Å². The lowest BCUT2D eigenvalue weighted by Crippen LogP contribution is -2.26. The number of aromatic nitrogens is 3. The van der Waals surface area contributed by atoms with Crippen LogP contribution >= 0.6 is 0 Å². The van der Waals surface area contributed by atoms with Gasteiger partial charge in [-0.1, -0.05) is 0 Å². The second-order valence-electron chi connectivity index (χ2n) is 4.91. The lowest BCUT2D eigenvalue weighted by molar-refractivity contribution is -0.137. The van der Waals surface area contributed by atoms with E-state index in [-0.39, 0.29) is 12.0 Å². The number of anilines is 1. The Morgan fingerprint density at radius 3 is 2.55 bits per heavy atom. The van der Waals surface area contributed by atoms with E-state index in [0.717, 1.165) is 25.2 Å². The highest BCUT2D eigenvalue weighted by atomic mass is 19.4. The van der Waals surface area contributed by atoms with Gasteiger partial charge in [-0.05, 0) is 12.1 Å². The fourth-order valence-electron chi connectivity index (χ4n) is 2.25. The molecule has 5 nitrogen and oxygen atoms in total. The van der Waals surface area contributed by atoms with Gasteiger partial charge in [-0.25, -0.2) is 15.0 Å². The smallest absolute Gasteiger partial charge is 0.417 e. The van der Waals surface area contributed by atoms with Crippen molar-refractivity contribution in [1.29, 1.82) is 0 Å². The summed E-state index contributed by atoms with van der Waals surface area (Å²) in [5, 5.41) is 0. The molecule has 0 aliphatic carbocycles. The van der Waals surface area contributed by atoms with Crippen LogP contribution in [-0.4, -0.2) is 34.1 Å². The summed E-state index contributed by atoms with van der Waals surface area (Å²) in [6.45, 7) is 1.31. The van der Waals surface area contributed by atoms with Gasteiger partial charge in [0.05, 0.1) is 12.1 Å². The van der Waals surface area contributed by atoms with Gasteiger partial charge in [-0.15, -0.1) is 0 Å². The van der Waals surface area contributed by atoms with E-state index in [1.807, 2.05) is 4.90 Å². The number of pyridine rings is 1. The third-order valence-electron chi connectivity index (χ3n) is 3.33. The Hall–Kier alpha value is -2.38. The molecule has 0 saturated carbocycles.